The van der Waals surface area contributed by atoms with Crippen molar-refractivity contribution in [3.05, 3.63) is 107 Å². The number of carbonyl (C=O) groups excluding carboxylic acids is 1. The van der Waals surface area contributed by atoms with Crippen LogP contribution in [0.5, 0.6) is 23.0 Å². The highest BCUT2D eigenvalue weighted by Crippen LogP contribution is 2.52. The topological polar surface area (TPSA) is 133 Å². The van der Waals surface area contributed by atoms with E-state index >= 15 is 0 Å². The van der Waals surface area contributed by atoms with Crippen molar-refractivity contribution in [2.75, 3.05) is 21.3 Å². The van der Waals surface area contributed by atoms with Crippen LogP contribution in [0.4, 0.5) is 0 Å². The number of rotatable bonds is 13. The number of ether oxygens (including phenoxy) is 6. The van der Waals surface area contributed by atoms with E-state index in [9.17, 15) is 20.1 Å². The Labute approximate surface area is 303 Å². The molecule has 52 heavy (non-hydrogen) atoms. The van der Waals surface area contributed by atoms with E-state index in [-0.39, 0.29) is 42.7 Å². The molecule has 5 aromatic rings. The summed E-state index contributed by atoms with van der Waals surface area (Å²) in [5.74, 6) is -0.0917. The summed E-state index contributed by atoms with van der Waals surface area (Å²) in [5, 5.41) is 36.3. The lowest BCUT2D eigenvalue weighted by molar-refractivity contribution is -0.204. The molecule has 0 bridgehead atoms. The molecule has 5 atom stereocenters. The first-order valence-electron chi connectivity index (χ1n) is 17.3. The van der Waals surface area contributed by atoms with Gasteiger partial charge in [0, 0.05) is 29.2 Å². The molecule has 1 saturated heterocycles. The lowest BCUT2D eigenvalue weighted by atomic mass is 9.88. The van der Waals surface area contributed by atoms with Crippen molar-refractivity contribution in [3.8, 4) is 23.0 Å². The Morgan fingerprint density at radius 3 is 1.92 bits per heavy atom. The fourth-order valence-corrected chi connectivity index (χ4v) is 7.22. The molecule has 5 aromatic carbocycles. The number of hydrogen-bond acceptors (Lipinski definition) is 10. The summed E-state index contributed by atoms with van der Waals surface area (Å²) in [7, 11) is 4.24. The van der Waals surface area contributed by atoms with E-state index in [2.05, 4.69) is 0 Å². The SMILES string of the molecule is COC(=O)C[C@](C)(O)Cc1ccc2c(OC)c3c(O)c([C@H]4C[C@@H](OCc5ccccc5)[C@H](OCc5ccccc5)[C@@H](C)O4)ccc3c(OC)c2c1O. The van der Waals surface area contributed by atoms with E-state index in [1.54, 1.807) is 18.2 Å². The Hall–Kier alpha value is -4.87. The van der Waals surface area contributed by atoms with Crippen molar-refractivity contribution < 1.29 is 48.5 Å². The number of methoxy groups -OCH3 is 3. The Morgan fingerprint density at radius 2 is 1.35 bits per heavy atom. The molecule has 0 unspecified atom stereocenters. The van der Waals surface area contributed by atoms with E-state index < -0.39 is 17.7 Å². The Kier molecular flexibility index (Phi) is 11.2. The summed E-state index contributed by atoms with van der Waals surface area (Å²) >= 11 is 0. The number of fused-ring (bicyclic) bond motifs is 2. The molecule has 274 valence electrons. The molecule has 0 aromatic heterocycles. The molecule has 6 rings (SSSR count). The highest BCUT2D eigenvalue weighted by atomic mass is 16.6. The van der Waals surface area contributed by atoms with Crippen LogP contribution in [0.1, 0.15) is 55.0 Å². The van der Waals surface area contributed by atoms with Gasteiger partial charge in [0.05, 0.1) is 75.6 Å². The van der Waals surface area contributed by atoms with Crippen LogP contribution < -0.4 is 9.47 Å². The quantitative estimate of drug-likeness (QED) is 0.0845. The van der Waals surface area contributed by atoms with Gasteiger partial charge >= 0.3 is 5.97 Å². The van der Waals surface area contributed by atoms with Gasteiger partial charge in [0.1, 0.15) is 29.1 Å². The van der Waals surface area contributed by atoms with Gasteiger partial charge in [-0.25, -0.2) is 0 Å². The summed E-state index contributed by atoms with van der Waals surface area (Å²) in [6.45, 7) is 4.26. The average Bonchev–Trinajstić information content (AvgIpc) is 3.14. The van der Waals surface area contributed by atoms with Crippen molar-refractivity contribution >= 4 is 27.5 Å². The van der Waals surface area contributed by atoms with Crippen molar-refractivity contribution in [1.29, 1.82) is 0 Å². The molecule has 1 aliphatic heterocycles. The summed E-state index contributed by atoms with van der Waals surface area (Å²) < 4.78 is 36.1. The number of phenolic OH excluding ortho intramolecular Hbond substituents is 2. The van der Waals surface area contributed by atoms with Gasteiger partial charge in [0.25, 0.3) is 0 Å². The molecule has 0 radical (unpaired) electrons. The molecule has 3 N–H and O–H groups in total. The molecule has 1 aliphatic rings. The van der Waals surface area contributed by atoms with Crippen molar-refractivity contribution in [2.45, 2.75) is 76.3 Å². The predicted molar refractivity (Wildman–Crippen MR) is 197 cm³/mol. The normalized spacial score (nSPS) is 20.0. The number of aliphatic hydroxyl groups is 1. The van der Waals surface area contributed by atoms with Gasteiger partial charge in [-0.05, 0) is 42.7 Å². The van der Waals surface area contributed by atoms with Crippen molar-refractivity contribution in [2.24, 2.45) is 0 Å². The first-order chi connectivity index (χ1) is 25.0. The van der Waals surface area contributed by atoms with Crippen LogP contribution >= 0.6 is 0 Å². The largest absolute Gasteiger partial charge is 0.507 e. The van der Waals surface area contributed by atoms with E-state index in [0.717, 1.165) is 11.1 Å². The molecule has 10 heteroatoms. The maximum absolute atomic E-state index is 12.0. The highest BCUT2D eigenvalue weighted by Gasteiger charge is 2.40. The number of hydrogen-bond donors (Lipinski definition) is 3. The van der Waals surface area contributed by atoms with Crippen LogP contribution in [0.2, 0.25) is 0 Å². The second-order valence-electron chi connectivity index (χ2n) is 13.6. The van der Waals surface area contributed by atoms with E-state index in [0.29, 0.717) is 63.8 Å². The number of phenols is 2. The fraction of sp³-hybridized carbons (Fsp3) is 0.357. The molecule has 0 aliphatic carbocycles. The Morgan fingerprint density at radius 1 is 0.788 bits per heavy atom. The lowest BCUT2D eigenvalue weighted by Crippen LogP contribution is -2.47. The second-order valence-corrected chi connectivity index (χ2v) is 13.6. The summed E-state index contributed by atoms with van der Waals surface area (Å²) in [4.78, 5) is 11.9. The minimum atomic E-state index is -1.48. The minimum Gasteiger partial charge on any atom is -0.507 e. The molecule has 0 amide bonds. The third-order valence-corrected chi connectivity index (χ3v) is 9.74. The predicted octanol–water partition coefficient (Wildman–Crippen LogP) is 7.30. The fourth-order valence-electron chi connectivity index (χ4n) is 7.22. The summed E-state index contributed by atoms with van der Waals surface area (Å²) in [6, 6.07) is 26.9. The van der Waals surface area contributed by atoms with Crippen molar-refractivity contribution in [3.63, 3.8) is 0 Å². The monoisotopic (exact) mass is 710 g/mol. The zero-order valence-electron chi connectivity index (χ0n) is 30.1. The van der Waals surface area contributed by atoms with Crippen LogP contribution in [0.15, 0.2) is 84.9 Å². The second kappa shape index (κ2) is 15.8. The first-order valence-corrected chi connectivity index (χ1v) is 17.3. The van der Waals surface area contributed by atoms with Gasteiger partial charge in [0.2, 0.25) is 0 Å². The smallest absolute Gasteiger partial charge is 0.308 e. The lowest BCUT2D eigenvalue weighted by Gasteiger charge is -2.40. The van der Waals surface area contributed by atoms with E-state index in [1.807, 2.05) is 73.7 Å². The van der Waals surface area contributed by atoms with Crippen molar-refractivity contribution in [1.82, 2.24) is 0 Å². The zero-order chi connectivity index (χ0) is 37.0. The van der Waals surface area contributed by atoms with Crippen LogP contribution in [-0.4, -0.2) is 66.5 Å². The van der Waals surface area contributed by atoms with Crippen LogP contribution in [0.25, 0.3) is 21.5 Å². The van der Waals surface area contributed by atoms with Crippen LogP contribution in [-0.2, 0) is 43.4 Å². The summed E-state index contributed by atoms with van der Waals surface area (Å²) in [6.07, 6.45) is -1.51. The molecule has 0 saturated carbocycles. The van der Waals surface area contributed by atoms with E-state index in [4.69, 9.17) is 28.4 Å². The maximum Gasteiger partial charge on any atom is 0.308 e. The van der Waals surface area contributed by atoms with Gasteiger partial charge in [-0.3, -0.25) is 4.79 Å². The molecular formula is C42H46O10. The summed E-state index contributed by atoms with van der Waals surface area (Å²) in [5.41, 5.74) is 1.55. The molecule has 1 fully saturated rings. The third kappa shape index (κ3) is 7.66. The molecular weight excluding hydrogens is 664 g/mol. The third-order valence-electron chi connectivity index (χ3n) is 9.74. The van der Waals surface area contributed by atoms with Gasteiger partial charge in [-0.2, -0.15) is 0 Å². The number of benzene rings is 5. The molecule has 1 heterocycles. The van der Waals surface area contributed by atoms with Crippen LogP contribution in [0, 0.1) is 0 Å². The first kappa shape index (κ1) is 36.9. The number of carbonyl (C=O) groups is 1. The van der Waals surface area contributed by atoms with E-state index in [1.165, 1.54) is 28.3 Å². The number of aromatic hydroxyl groups is 2. The Bertz CT molecular complexity index is 2010. The highest BCUT2D eigenvalue weighted by molar-refractivity contribution is 6.15. The van der Waals surface area contributed by atoms with Gasteiger partial charge < -0.3 is 43.7 Å². The molecule has 10 nitrogen and oxygen atoms in total. The average molecular weight is 711 g/mol. The van der Waals surface area contributed by atoms with Gasteiger partial charge in [-0.1, -0.05) is 72.8 Å². The maximum atomic E-state index is 12.0. The minimum absolute atomic E-state index is 0.0294. The van der Waals surface area contributed by atoms with Gasteiger partial charge in [0.15, 0.2) is 0 Å². The Balaban J connectivity index is 1.37. The van der Waals surface area contributed by atoms with Gasteiger partial charge in [-0.15, -0.1) is 0 Å². The molecule has 0 spiro atoms. The zero-order valence-corrected chi connectivity index (χ0v) is 30.1. The van der Waals surface area contributed by atoms with Crippen LogP contribution in [0.3, 0.4) is 0 Å². The standard InChI is InChI=1S/C42H46O10/c1-25-39(51-24-27-14-10-7-11-15-27)33(50-23-26-12-8-6-9-13-26)20-32(52-25)29-18-19-31-36(38(29)45)41(49-5)30-17-16-28(37(44)35(30)40(31)48-4)21-42(2,46)22-34(43)47-3/h6-19,25,32-33,39,44-46H,20-24H2,1-5H3/t25-,32-,33-,39-,42-/m1/s1. The number of esters is 1.